The van der Waals surface area contributed by atoms with E-state index < -0.39 is 28.7 Å². The van der Waals surface area contributed by atoms with E-state index in [1.165, 1.54) is 24.1 Å². The number of nitrogens with zero attached hydrogens (tertiary/aromatic N) is 4. The molecule has 36 heavy (non-hydrogen) atoms. The van der Waals surface area contributed by atoms with Crippen molar-refractivity contribution >= 4 is 52.3 Å². The van der Waals surface area contributed by atoms with E-state index in [0.29, 0.717) is 51.9 Å². The Balaban J connectivity index is 1.69. The molecule has 0 aliphatic carbocycles. The first-order valence-electron chi connectivity index (χ1n) is 12.0. The molecule has 0 saturated carbocycles. The number of rotatable bonds is 3. The Labute approximate surface area is 209 Å². The normalized spacial score (nSPS) is 24.5. The zero-order valence-corrected chi connectivity index (χ0v) is 21.4. The summed E-state index contributed by atoms with van der Waals surface area (Å²) in [6.45, 7) is 7.04. The Morgan fingerprint density at radius 2 is 2.06 bits per heavy atom. The SMILES string of the molecule is CN(C(=O)OC(C)(C)C)c1cc(F)cc2c1[nH]c1ncc(BO)c(N3CC4(N)CCN(C)C4(N)C3)c12. The Hall–Kier alpha value is -2.93. The first-order chi connectivity index (χ1) is 16.8. The summed E-state index contributed by atoms with van der Waals surface area (Å²) in [4.78, 5) is 26.0. The molecule has 6 N–H and O–H groups in total. The number of benzene rings is 1. The Bertz CT molecular complexity index is 1380. The van der Waals surface area contributed by atoms with Crippen LogP contribution in [-0.2, 0) is 4.74 Å². The number of ether oxygens (including phenoxy) is 1. The summed E-state index contributed by atoms with van der Waals surface area (Å²) in [6.07, 6.45) is 1.74. The lowest BCUT2D eigenvalue weighted by Gasteiger charge is -2.36. The molecule has 3 aromatic rings. The van der Waals surface area contributed by atoms with E-state index in [0.717, 1.165) is 13.0 Å². The van der Waals surface area contributed by atoms with Gasteiger partial charge in [0.05, 0.1) is 23.3 Å². The zero-order valence-electron chi connectivity index (χ0n) is 21.4. The molecule has 0 radical (unpaired) electrons. The van der Waals surface area contributed by atoms with E-state index >= 15 is 0 Å². The second-order valence-electron chi connectivity index (χ2n) is 11.1. The number of aromatic amines is 1. The number of fused-ring (bicyclic) bond motifs is 4. The van der Waals surface area contributed by atoms with Crippen molar-refractivity contribution in [3.8, 4) is 0 Å². The van der Waals surface area contributed by atoms with E-state index in [1.807, 2.05) is 7.05 Å². The number of aromatic nitrogens is 2. The number of hydrogen-bond acceptors (Lipinski definition) is 8. The standard InChI is InChI=1S/C24H33BFN7O3/c1-22(2,3)36-21(34)32(5)16-9-13(26)8-14-17-19(15(25-35)10-29-20(17)30-18(14)16)33-11-23(27)6-7-31(4)24(23,28)12-33/h8-10,25,35H,6-7,11-12,27-28H2,1-5H3,(H,29,30). The molecular formula is C24H33BFN7O3. The van der Waals surface area contributed by atoms with Crippen molar-refractivity contribution < 1.29 is 18.9 Å². The van der Waals surface area contributed by atoms with E-state index in [4.69, 9.17) is 16.2 Å². The predicted molar refractivity (Wildman–Crippen MR) is 140 cm³/mol. The molecule has 192 valence electrons. The van der Waals surface area contributed by atoms with Gasteiger partial charge in [0.2, 0.25) is 0 Å². The third-order valence-electron chi connectivity index (χ3n) is 7.58. The molecule has 2 atom stereocenters. The van der Waals surface area contributed by atoms with Crippen LogP contribution in [0.15, 0.2) is 18.3 Å². The maximum Gasteiger partial charge on any atom is 0.414 e. The predicted octanol–water partition coefficient (Wildman–Crippen LogP) is 0.704. The minimum atomic E-state index is -0.741. The van der Waals surface area contributed by atoms with Crippen LogP contribution in [0.3, 0.4) is 0 Å². The molecule has 2 fully saturated rings. The number of nitrogens with one attached hydrogen (secondary N) is 1. The molecule has 1 amide bonds. The number of hydrogen-bond donors (Lipinski definition) is 4. The highest BCUT2D eigenvalue weighted by Gasteiger charge is 2.59. The summed E-state index contributed by atoms with van der Waals surface area (Å²) in [6, 6.07) is 2.69. The number of likely N-dealkylation sites (N-methyl/N-ethyl adjacent to an activating group) is 1. The fraction of sp³-hybridized carbons (Fsp3) is 0.500. The smallest absolute Gasteiger partial charge is 0.414 e. The number of pyridine rings is 1. The molecule has 2 aliphatic heterocycles. The van der Waals surface area contributed by atoms with Crippen molar-refractivity contribution in [1.82, 2.24) is 14.9 Å². The average molecular weight is 497 g/mol. The largest absolute Gasteiger partial charge is 0.449 e. The van der Waals surface area contributed by atoms with Gasteiger partial charge in [-0.15, -0.1) is 0 Å². The molecule has 1 aromatic carbocycles. The fourth-order valence-corrected chi connectivity index (χ4v) is 5.60. The molecule has 2 aromatic heterocycles. The van der Waals surface area contributed by atoms with E-state index in [-0.39, 0.29) is 7.48 Å². The first-order valence-corrected chi connectivity index (χ1v) is 12.0. The number of halogens is 1. The van der Waals surface area contributed by atoms with Gasteiger partial charge < -0.3 is 31.1 Å². The molecule has 12 heteroatoms. The van der Waals surface area contributed by atoms with Crippen molar-refractivity contribution in [2.24, 2.45) is 11.5 Å². The Morgan fingerprint density at radius 3 is 2.69 bits per heavy atom. The number of carbonyl (C=O) groups is 1. The number of likely N-dealkylation sites (tertiary alicyclic amines) is 1. The molecular weight excluding hydrogens is 464 g/mol. The summed E-state index contributed by atoms with van der Waals surface area (Å²) in [7, 11) is 3.24. The van der Waals surface area contributed by atoms with Crippen LogP contribution in [0.2, 0.25) is 0 Å². The second kappa shape index (κ2) is 8.04. The minimum absolute atomic E-state index is 0.258. The highest BCUT2D eigenvalue weighted by molar-refractivity contribution is 6.49. The van der Waals surface area contributed by atoms with Crippen molar-refractivity contribution in [2.45, 2.75) is 44.0 Å². The molecule has 4 heterocycles. The molecule has 2 unspecified atom stereocenters. The van der Waals surface area contributed by atoms with Crippen molar-refractivity contribution in [2.75, 3.05) is 43.5 Å². The maximum atomic E-state index is 15.0. The fourth-order valence-electron chi connectivity index (χ4n) is 5.60. The van der Waals surface area contributed by atoms with Gasteiger partial charge in [-0.2, -0.15) is 0 Å². The third-order valence-corrected chi connectivity index (χ3v) is 7.58. The summed E-state index contributed by atoms with van der Waals surface area (Å²) >= 11 is 0. The van der Waals surface area contributed by atoms with Crippen molar-refractivity contribution in [3.63, 3.8) is 0 Å². The lowest BCUT2D eigenvalue weighted by Crippen LogP contribution is -2.67. The average Bonchev–Trinajstić information content (AvgIpc) is 3.36. The van der Waals surface area contributed by atoms with E-state index in [2.05, 4.69) is 19.8 Å². The number of anilines is 2. The summed E-state index contributed by atoms with van der Waals surface area (Å²) in [5.74, 6) is -0.516. The lowest BCUT2D eigenvalue weighted by atomic mass is 9.86. The van der Waals surface area contributed by atoms with Crippen molar-refractivity contribution in [3.05, 3.63) is 24.1 Å². The third kappa shape index (κ3) is 3.62. The maximum absolute atomic E-state index is 15.0. The zero-order chi connectivity index (χ0) is 26.2. The number of carbonyl (C=O) groups excluding carboxylic acids is 1. The lowest BCUT2D eigenvalue weighted by molar-refractivity contribution is 0.0589. The number of nitrogens with two attached hydrogens (primary N) is 2. The van der Waals surface area contributed by atoms with E-state index in [1.54, 1.807) is 27.0 Å². The molecule has 10 nitrogen and oxygen atoms in total. The van der Waals surface area contributed by atoms with E-state index in [9.17, 15) is 14.2 Å². The van der Waals surface area contributed by atoms with Gasteiger partial charge in [0, 0.05) is 42.8 Å². The molecule has 2 saturated heterocycles. The van der Waals surface area contributed by atoms with Gasteiger partial charge >= 0.3 is 13.6 Å². The minimum Gasteiger partial charge on any atom is -0.449 e. The molecule has 0 bridgehead atoms. The van der Waals surface area contributed by atoms with Gasteiger partial charge in [-0.05, 0) is 51.8 Å². The van der Waals surface area contributed by atoms with Gasteiger partial charge in [-0.1, -0.05) is 0 Å². The monoisotopic (exact) mass is 497 g/mol. The Kier molecular flexibility index (Phi) is 5.53. The second-order valence-corrected chi connectivity index (χ2v) is 11.1. The highest BCUT2D eigenvalue weighted by atomic mass is 19.1. The van der Waals surface area contributed by atoms with Crippen LogP contribution >= 0.6 is 0 Å². The van der Waals surface area contributed by atoms with Gasteiger partial charge in [0.1, 0.15) is 22.7 Å². The van der Waals surface area contributed by atoms with Gasteiger partial charge in [-0.25, -0.2) is 14.2 Å². The van der Waals surface area contributed by atoms with Crippen LogP contribution in [0, 0.1) is 5.82 Å². The highest BCUT2D eigenvalue weighted by Crippen LogP contribution is 2.43. The van der Waals surface area contributed by atoms with Crippen LogP contribution < -0.4 is 26.7 Å². The summed E-state index contributed by atoms with van der Waals surface area (Å²) in [5.41, 5.74) is 14.2. The van der Waals surface area contributed by atoms with Gasteiger partial charge in [0.25, 0.3) is 0 Å². The number of amides is 1. The molecule has 5 rings (SSSR count). The van der Waals surface area contributed by atoms with Crippen LogP contribution in [-0.4, -0.2) is 84.0 Å². The summed E-state index contributed by atoms with van der Waals surface area (Å²) < 4.78 is 20.5. The quantitative estimate of drug-likeness (QED) is 0.389. The van der Waals surface area contributed by atoms with Gasteiger partial charge in [0.15, 0.2) is 0 Å². The Morgan fingerprint density at radius 1 is 1.33 bits per heavy atom. The topological polar surface area (TPSA) is 137 Å². The summed E-state index contributed by atoms with van der Waals surface area (Å²) in [5, 5.41) is 11.4. The van der Waals surface area contributed by atoms with Crippen LogP contribution in [0.5, 0.6) is 0 Å². The van der Waals surface area contributed by atoms with Crippen LogP contribution in [0.1, 0.15) is 27.2 Å². The molecule has 0 spiro atoms. The molecule has 2 aliphatic rings. The van der Waals surface area contributed by atoms with Crippen LogP contribution in [0.25, 0.3) is 21.9 Å². The van der Waals surface area contributed by atoms with Gasteiger partial charge in [-0.3, -0.25) is 9.80 Å². The number of H-pyrrole nitrogens is 1. The van der Waals surface area contributed by atoms with Crippen LogP contribution in [0.4, 0.5) is 20.6 Å². The first kappa shape index (κ1) is 24.8. The van der Waals surface area contributed by atoms with Crippen molar-refractivity contribution in [1.29, 1.82) is 0 Å².